The van der Waals surface area contributed by atoms with Gasteiger partial charge in [-0.3, -0.25) is 4.79 Å². The molecule has 0 aliphatic carbocycles. The molecule has 2 saturated heterocycles. The van der Waals surface area contributed by atoms with Gasteiger partial charge in [0.2, 0.25) is 0 Å². The zero-order chi connectivity index (χ0) is 54.4. The lowest BCUT2D eigenvalue weighted by molar-refractivity contribution is -0.332. The first-order chi connectivity index (χ1) is 36.6. The van der Waals surface area contributed by atoms with Gasteiger partial charge in [-0.05, 0) is 51.4 Å². The van der Waals surface area contributed by atoms with E-state index in [-0.39, 0.29) is 25.6 Å². The van der Waals surface area contributed by atoms with Gasteiger partial charge in [-0.2, -0.15) is 0 Å². The van der Waals surface area contributed by atoms with Crippen LogP contribution in [0.2, 0.25) is 0 Å². The van der Waals surface area contributed by atoms with E-state index < -0.39 is 80.7 Å². The fourth-order valence-electron chi connectivity index (χ4n) is 9.51. The van der Waals surface area contributed by atoms with Crippen LogP contribution in [-0.2, 0) is 33.2 Å². The van der Waals surface area contributed by atoms with Crippen LogP contribution >= 0.6 is 0 Å². The monoisotopic (exact) mass is 1070 g/mol. The second-order valence-corrected chi connectivity index (χ2v) is 21.2. The molecule has 2 fully saturated rings. The zero-order valence-electron chi connectivity index (χ0n) is 47.0. The molecule has 7 N–H and O–H groups in total. The van der Waals surface area contributed by atoms with Gasteiger partial charge in [0.1, 0.15) is 54.9 Å². The third-order valence-electron chi connectivity index (χ3n) is 14.4. The molecule has 0 amide bonds. The van der Waals surface area contributed by atoms with Crippen molar-refractivity contribution in [3.63, 3.8) is 0 Å². The van der Waals surface area contributed by atoms with Crippen LogP contribution in [0.5, 0.6) is 0 Å². The van der Waals surface area contributed by atoms with Crippen LogP contribution in [0.1, 0.15) is 232 Å². The van der Waals surface area contributed by atoms with Crippen LogP contribution in [-0.4, -0.2) is 142 Å². The smallest absolute Gasteiger partial charge is 0.306 e. The SMILES string of the molecule is CC/C=C\C/C=C\C/C=C\C/C=C\CCCCCCCCCCCCCCCOCC(COC1OC(COC2OC(CO)C(O)C(O)C2O)C(O)C(O)C1O)OC(=O)CCCCCCCCCCCCCCCCC. The van der Waals surface area contributed by atoms with E-state index in [1.54, 1.807) is 0 Å². The summed E-state index contributed by atoms with van der Waals surface area (Å²) >= 11 is 0. The van der Waals surface area contributed by atoms with E-state index in [1.807, 2.05) is 0 Å². The second kappa shape index (κ2) is 47.9. The van der Waals surface area contributed by atoms with Crippen LogP contribution in [0.3, 0.4) is 0 Å². The minimum atomic E-state index is -1.71. The Morgan fingerprint density at radius 2 is 0.867 bits per heavy atom. The summed E-state index contributed by atoms with van der Waals surface area (Å²) in [5.74, 6) is -0.373. The van der Waals surface area contributed by atoms with Gasteiger partial charge in [-0.1, -0.05) is 223 Å². The van der Waals surface area contributed by atoms with Crippen molar-refractivity contribution in [2.45, 2.75) is 300 Å². The molecule has 2 rings (SSSR count). The molecule has 11 unspecified atom stereocenters. The van der Waals surface area contributed by atoms with Crippen molar-refractivity contribution in [1.29, 1.82) is 0 Å². The van der Waals surface area contributed by atoms with Crippen molar-refractivity contribution >= 4 is 5.97 Å². The maximum Gasteiger partial charge on any atom is 0.306 e. The highest BCUT2D eigenvalue weighted by Crippen LogP contribution is 2.27. The number of unbranched alkanes of at least 4 members (excludes halogenated alkanes) is 27. The number of aliphatic hydroxyl groups excluding tert-OH is 7. The highest BCUT2D eigenvalue weighted by Gasteiger charge is 2.47. The summed E-state index contributed by atoms with van der Waals surface area (Å²) in [6.45, 7) is 3.61. The minimum absolute atomic E-state index is 0.0630. The average Bonchev–Trinajstić information content (AvgIpc) is 3.41. The predicted octanol–water partition coefficient (Wildman–Crippen LogP) is 11.1. The second-order valence-electron chi connectivity index (χ2n) is 21.2. The summed E-state index contributed by atoms with van der Waals surface area (Å²) in [5, 5.41) is 72.4. The Bertz CT molecular complexity index is 1420. The van der Waals surface area contributed by atoms with Crippen molar-refractivity contribution in [1.82, 2.24) is 0 Å². The standard InChI is InChI=1S/C61H110O14/c1-3-5-7-9-11-13-15-17-19-20-21-22-23-24-25-26-27-28-29-31-33-35-37-39-41-43-45-70-47-50(73-53(63)44-42-40-38-36-34-32-30-18-16-14-12-10-8-6-4-2)48-71-60-59(69)57(67)55(65)52(75-60)49-72-61-58(68)56(66)54(64)51(46-62)74-61/h5,7,11,13,17,19,21-22,50-52,54-62,64-69H,3-4,6,8-10,12,14-16,18,20,23-49H2,1-2H3/b7-5-,13-11-,19-17-,22-21-. The van der Waals surface area contributed by atoms with Crippen LogP contribution < -0.4 is 0 Å². The number of hydrogen-bond donors (Lipinski definition) is 7. The van der Waals surface area contributed by atoms with Gasteiger partial charge in [0.25, 0.3) is 0 Å². The quantitative estimate of drug-likeness (QED) is 0.0172. The summed E-state index contributed by atoms with van der Waals surface area (Å²) in [4.78, 5) is 13.1. The Hall–Kier alpha value is -2.05. The molecule has 0 aromatic carbocycles. The molecule has 2 heterocycles. The number of allylic oxidation sites excluding steroid dienone is 8. The maximum absolute atomic E-state index is 13.1. The molecule has 11 atom stereocenters. The molecule has 0 radical (unpaired) electrons. The molecule has 14 nitrogen and oxygen atoms in total. The van der Waals surface area contributed by atoms with Crippen molar-refractivity contribution in [3.8, 4) is 0 Å². The van der Waals surface area contributed by atoms with Crippen LogP contribution in [0.25, 0.3) is 0 Å². The summed E-state index contributed by atoms with van der Waals surface area (Å²) in [7, 11) is 0. The van der Waals surface area contributed by atoms with Crippen LogP contribution in [0, 0.1) is 0 Å². The minimum Gasteiger partial charge on any atom is -0.457 e. The molecule has 0 spiro atoms. The normalized spacial score (nSPS) is 24.9. The van der Waals surface area contributed by atoms with E-state index in [9.17, 15) is 40.5 Å². The summed E-state index contributed by atoms with van der Waals surface area (Å²) in [6, 6.07) is 0. The number of carbonyl (C=O) groups is 1. The fourth-order valence-corrected chi connectivity index (χ4v) is 9.51. The fraction of sp³-hybridized carbons (Fsp3) is 0.852. The van der Waals surface area contributed by atoms with Crippen molar-refractivity contribution in [2.24, 2.45) is 0 Å². The third-order valence-corrected chi connectivity index (χ3v) is 14.4. The summed E-state index contributed by atoms with van der Waals surface area (Å²) in [6.07, 6.45) is 41.7. The highest BCUT2D eigenvalue weighted by molar-refractivity contribution is 5.69. The molecule has 75 heavy (non-hydrogen) atoms. The van der Waals surface area contributed by atoms with Gasteiger partial charge < -0.3 is 64.2 Å². The molecule has 0 bridgehead atoms. The molecule has 14 heteroatoms. The predicted molar refractivity (Wildman–Crippen MR) is 298 cm³/mol. The number of carbonyl (C=O) groups excluding carboxylic acids is 1. The zero-order valence-corrected chi connectivity index (χ0v) is 47.0. The Balaban J connectivity index is 1.67. The molecule has 2 aliphatic heterocycles. The molecule has 2 aliphatic rings. The van der Waals surface area contributed by atoms with Crippen LogP contribution in [0.4, 0.5) is 0 Å². The first-order valence-corrected chi connectivity index (χ1v) is 30.2. The van der Waals surface area contributed by atoms with E-state index in [2.05, 4.69) is 62.5 Å². The lowest BCUT2D eigenvalue weighted by Crippen LogP contribution is -2.61. The van der Waals surface area contributed by atoms with E-state index in [1.165, 1.54) is 141 Å². The Morgan fingerprint density at radius 1 is 0.453 bits per heavy atom. The van der Waals surface area contributed by atoms with Crippen molar-refractivity contribution in [3.05, 3.63) is 48.6 Å². The molecular formula is C61H110O14. The Labute approximate surface area is 454 Å². The van der Waals surface area contributed by atoms with Gasteiger partial charge in [0, 0.05) is 13.0 Å². The number of ether oxygens (including phenoxy) is 6. The number of aliphatic hydroxyl groups is 7. The van der Waals surface area contributed by atoms with Gasteiger partial charge >= 0.3 is 5.97 Å². The average molecular weight is 1070 g/mol. The van der Waals surface area contributed by atoms with E-state index in [0.717, 1.165) is 64.2 Å². The van der Waals surface area contributed by atoms with Crippen molar-refractivity contribution in [2.75, 3.05) is 33.0 Å². The summed E-state index contributed by atoms with van der Waals surface area (Å²) < 4.78 is 34.4. The highest BCUT2D eigenvalue weighted by atomic mass is 16.7. The van der Waals surface area contributed by atoms with Gasteiger partial charge in [-0.15, -0.1) is 0 Å². The number of hydrogen-bond acceptors (Lipinski definition) is 14. The van der Waals surface area contributed by atoms with Gasteiger partial charge in [0.15, 0.2) is 12.6 Å². The van der Waals surface area contributed by atoms with Crippen molar-refractivity contribution < 1.29 is 69.0 Å². The molecule has 0 aromatic heterocycles. The largest absolute Gasteiger partial charge is 0.457 e. The molecular weight excluding hydrogens is 957 g/mol. The van der Waals surface area contributed by atoms with E-state index in [0.29, 0.717) is 13.0 Å². The lowest BCUT2D eigenvalue weighted by Gasteiger charge is -2.42. The first-order valence-electron chi connectivity index (χ1n) is 30.2. The summed E-state index contributed by atoms with van der Waals surface area (Å²) in [5.41, 5.74) is 0. The Morgan fingerprint density at radius 3 is 1.36 bits per heavy atom. The molecule has 0 saturated carbocycles. The van der Waals surface area contributed by atoms with E-state index >= 15 is 0 Å². The lowest BCUT2D eigenvalue weighted by atomic mass is 9.98. The molecule has 438 valence electrons. The number of rotatable bonds is 49. The van der Waals surface area contributed by atoms with E-state index in [4.69, 9.17) is 28.4 Å². The molecule has 0 aromatic rings. The first kappa shape index (κ1) is 69.1. The maximum atomic E-state index is 13.1. The third kappa shape index (κ3) is 34.5. The van der Waals surface area contributed by atoms with Crippen LogP contribution in [0.15, 0.2) is 48.6 Å². The van der Waals surface area contributed by atoms with Gasteiger partial charge in [-0.25, -0.2) is 0 Å². The van der Waals surface area contributed by atoms with Gasteiger partial charge in [0.05, 0.1) is 26.4 Å². The number of esters is 1. The topological polar surface area (TPSA) is 214 Å². The Kier molecular flexibility index (Phi) is 44.1.